The largest absolute Gasteiger partial charge is 0.493 e. The Hall–Kier alpha value is -2.53. The predicted molar refractivity (Wildman–Crippen MR) is 90.8 cm³/mol. The van der Waals surface area contributed by atoms with Gasteiger partial charge in [0.05, 0.1) is 12.2 Å². The number of hydrogen-bond acceptors (Lipinski definition) is 3. The van der Waals surface area contributed by atoms with E-state index >= 15 is 0 Å². The van der Waals surface area contributed by atoms with Gasteiger partial charge in [0, 0.05) is 29.6 Å². The molecule has 124 valence electrons. The Morgan fingerprint density at radius 2 is 2.00 bits per heavy atom. The first kappa shape index (κ1) is 16.3. The number of amides is 1. The number of carbonyl (C=O) groups is 2. The molecule has 6 heteroatoms. The van der Waals surface area contributed by atoms with Crippen molar-refractivity contribution >= 4 is 29.2 Å². The van der Waals surface area contributed by atoms with Gasteiger partial charge in [0.2, 0.25) is 5.91 Å². The number of halogens is 1. The lowest BCUT2D eigenvalue weighted by Crippen LogP contribution is -2.25. The van der Waals surface area contributed by atoms with Gasteiger partial charge in [0.15, 0.2) is 0 Å². The van der Waals surface area contributed by atoms with Crippen molar-refractivity contribution in [2.75, 3.05) is 18.1 Å². The molecule has 0 radical (unpaired) electrons. The summed E-state index contributed by atoms with van der Waals surface area (Å²) in [6, 6.07) is 13.5. The molecular weight excluding hydrogens is 330 g/mol. The van der Waals surface area contributed by atoms with Crippen LogP contribution in [0.25, 0.3) is 0 Å². The highest BCUT2D eigenvalue weighted by Crippen LogP contribution is 2.27. The second-order valence-corrected chi connectivity index (χ2v) is 6.13. The summed E-state index contributed by atoms with van der Waals surface area (Å²) >= 11 is 5.87. The van der Waals surface area contributed by atoms with Crippen LogP contribution in [0.1, 0.15) is 16.8 Å². The first-order valence-corrected chi connectivity index (χ1v) is 7.93. The standard InChI is InChI=1S/C18H16ClNO4/c19-14-4-6-15(7-5-14)20-10-12(8-17(20)21)11-24-16-3-1-2-13(9-16)18(22)23/h1-7,9,12H,8,10-11H2,(H,22,23). The van der Waals surface area contributed by atoms with Crippen molar-refractivity contribution in [3.8, 4) is 5.75 Å². The lowest BCUT2D eigenvalue weighted by atomic mass is 10.1. The zero-order valence-corrected chi connectivity index (χ0v) is 13.6. The van der Waals surface area contributed by atoms with Crippen molar-refractivity contribution < 1.29 is 19.4 Å². The van der Waals surface area contributed by atoms with Crippen LogP contribution in [-0.4, -0.2) is 30.1 Å². The molecule has 1 aliphatic rings. The summed E-state index contributed by atoms with van der Waals surface area (Å²) in [5.74, 6) is -0.399. The zero-order valence-electron chi connectivity index (χ0n) is 12.8. The number of carboxylic acid groups (broad SMARTS) is 1. The Bertz CT molecular complexity index is 760. The van der Waals surface area contributed by atoms with Gasteiger partial charge in [-0.15, -0.1) is 0 Å². The Balaban J connectivity index is 1.61. The van der Waals surface area contributed by atoms with E-state index < -0.39 is 5.97 Å². The molecule has 1 fully saturated rings. The molecule has 1 aliphatic heterocycles. The lowest BCUT2D eigenvalue weighted by molar-refractivity contribution is -0.117. The molecule has 1 heterocycles. The number of anilines is 1. The van der Waals surface area contributed by atoms with E-state index in [0.29, 0.717) is 30.3 Å². The van der Waals surface area contributed by atoms with Gasteiger partial charge in [-0.25, -0.2) is 4.79 Å². The van der Waals surface area contributed by atoms with E-state index in [1.807, 2.05) is 12.1 Å². The second-order valence-electron chi connectivity index (χ2n) is 5.69. The van der Waals surface area contributed by atoms with Gasteiger partial charge in [0.25, 0.3) is 0 Å². The smallest absolute Gasteiger partial charge is 0.335 e. The molecule has 2 aromatic carbocycles. The minimum absolute atomic E-state index is 0.0465. The molecule has 0 spiro atoms. The third-order valence-corrected chi connectivity index (χ3v) is 4.16. The van der Waals surface area contributed by atoms with E-state index in [4.69, 9.17) is 21.4 Å². The molecule has 0 bridgehead atoms. The van der Waals surface area contributed by atoms with Gasteiger partial charge in [-0.2, -0.15) is 0 Å². The summed E-state index contributed by atoms with van der Waals surface area (Å²) in [5.41, 5.74) is 0.998. The van der Waals surface area contributed by atoms with E-state index in [9.17, 15) is 9.59 Å². The molecular formula is C18H16ClNO4. The fourth-order valence-corrected chi connectivity index (χ4v) is 2.82. The average molecular weight is 346 g/mol. The molecule has 0 saturated carbocycles. The Morgan fingerprint density at radius 3 is 2.71 bits per heavy atom. The second kappa shape index (κ2) is 6.93. The van der Waals surface area contributed by atoms with Crippen LogP contribution < -0.4 is 9.64 Å². The molecule has 1 unspecified atom stereocenters. The number of rotatable bonds is 5. The van der Waals surface area contributed by atoms with E-state index in [1.54, 1.807) is 29.2 Å². The topological polar surface area (TPSA) is 66.8 Å². The molecule has 1 N–H and O–H groups in total. The van der Waals surface area contributed by atoms with Gasteiger partial charge in [0.1, 0.15) is 5.75 Å². The van der Waals surface area contributed by atoms with Crippen molar-refractivity contribution in [2.45, 2.75) is 6.42 Å². The number of hydrogen-bond donors (Lipinski definition) is 1. The van der Waals surface area contributed by atoms with Crippen LogP contribution in [0.15, 0.2) is 48.5 Å². The minimum atomic E-state index is -0.995. The number of nitrogens with zero attached hydrogens (tertiary/aromatic N) is 1. The first-order chi connectivity index (χ1) is 11.5. The van der Waals surface area contributed by atoms with Crippen molar-refractivity contribution in [2.24, 2.45) is 5.92 Å². The molecule has 2 aromatic rings. The molecule has 3 rings (SSSR count). The molecule has 1 amide bonds. The molecule has 1 saturated heterocycles. The number of ether oxygens (including phenoxy) is 1. The maximum Gasteiger partial charge on any atom is 0.335 e. The first-order valence-electron chi connectivity index (χ1n) is 7.55. The van der Waals surface area contributed by atoms with Gasteiger partial charge >= 0.3 is 5.97 Å². The zero-order chi connectivity index (χ0) is 17.1. The summed E-state index contributed by atoms with van der Waals surface area (Å²) in [4.78, 5) is 24.9. The van der Waals surface area contributed by atoms with Gasteiger partial charge in [-0.3, -0.25) is 4.79 Å². The van der Waals surface area contributed by atoms with Crippen LogP contribution in [0.5, 0.6) is 5.75 Å². The Morgan fingerprint density at radius 1 is 1.25 bits per heavy atom. The molecule has 0 aromatic heterocycles. The summed E-state index contributed by atoms with van der Waals surface area (Å²) in [6.45, 7) is 0.929. The van der Waals surface area contributed by atoms with Crippen molar-refractivity contribution in [3.63, 3.8) is 0 Å². The summed E-state index contributed by atoms with van der Waals surface area (Å²) in [5, 5.41) is 9.62. The van der Waals surface area contributed by atoms with Crippen LogP contribution in [-0.2, 0) is 4.79 Å². The Kier molecular flexibility index (Phi) is 4.71. The summed E-state index contributed by atoms with van der Waals surface area (Å²) < 4.78 is 5.67. The van der Waals surface area contributed by atoms with Crippen molar-refractivity contribution in [1.82, 2.24) is 0 Å². The van der Waals surface area contributed by atoms with Gasteiger partial charge in [-0.05, 0) is 42.5 Å². The predicted octanol–water partition coefficient (Wildman–Crippen LogP) is 3.47. The average Bonchev–Trinajstić information content (AvgIpc) is 2.95. The maximum absolute atomic E-state index is 12.2. The van der Waals surface area contributed by atoms with E-state index in [2.05, 4.69) is 0 Å². The van der Waals surface area contributed by atoms with E-state index in [0.717, 1.165) is 5.69 Å². The normalized spacial score (nSPS) is 17.1. The Labute approximate surface area is 144 Å². The summed E-state index contributed by atoms with van der Waals surface area (Å²) in [6.07, 6.45) is 0.404. The van der Waals surface area contributed by atoms with Gasteiger partial charge < -0.3 is 14.7 Å². The van der Waals surface area contributed by atoms with Crippen LogP contribution in [0.4, 0.5) is 5.69 Å². The highest BCUT2D eigenvalue weighted by Gasteiger charge is 2.31. The minimum Gasteiger partial charge on any atom is -0.493 e. The maximum atomic E-state index is 12.2. The van der Waals surface area contributed by atoms with Crippen LogP contribution in [0.3, 0.4) is 0 Å². The number of aromatic carboxylic acids is 1. The number of carboxylic acids is 1. The molecule has 24 heavy (non-hydrogen) atoms. The molecule has 5 nitrogen and oxygen atoms in total. The number of carbonyl (C=O) groups excluding carboxylic acids is 1. The van der Waals surface area contributed by atoms with E-state index in [1.165, 1.54) is 12.1 Å². The summed E-state index contributed by atoms with van der Waals surface area (Å²) in [7, 11) is 0. The fourth-order valence-electron chi connectivity index (χ4n) is 2.70. The van der Waals surface area contributed by atoms with Gasteiger partial charge in [-0.1, -0.05) is 17.7 Å². The third-order valence-electron chi connectivity index (χ3n) is 3.91. The van der Waals surface area contributed by atoms with Crippen LogP contribution in [0.2, 0.25) is 5.02 Å². The molecule has 0 aliphatic carbocycles. The third kappa shape index (κ3) is 3.68. The monoisotopic (exact) mass is 345 g/mol. The quantitative estimate of drug-likeness (QED) is 0.901. The highest BCUT2D eigenvalue weighted by atomic mass is 35.5. The van der Waals surface area contributed by atoms with Crippen LogP contribution in [0, 0.1) is 5.92 Å². The lowest BCUT2D eigenvalue weighted by Gasteiger charge is -2.17. The SMILES string of the molecule is O=C(O)c1cccc(OCC2CC(=O)N(c3ccc(Cl)cc3)C2)c1. The van der Waals surface area contributed by atoms with Crippen molar-refractivity contribution in [1.29, 1.82) is 0 Å². The number of benzene rings is 2. The van der Waals surface area contributed by atoms with Crippen molar-refractivity contribution in [3.05, 3.63) is 59.1 Å². The highest BCUT2D eigenvalue weighted by molar-refractivity contribution is 6.30. The van der Waals surface area contributed by atoms with Crippen LogP contribution >= 0.6 is 11.6 Å². The molecule has 1 atom stereocenters. The van der Waals surface area contributed by atoms with E-state index in [-0.39, 0.29) is 17.4 Å². The fraction of sp³-hybridized carbons (Fsp3) is 0.222.